The fraction of sp³-hybridized carbons (Fsp3) is 1.00. The molecule has 0 N–H and O–H groups in total. The van der Waals surface area contributed by atoms with Crippen LogP contribution in [0.5, 0.6) is 0 Å². The minimum atomic E-state index is -0.276. The first-order valence-corrected chi connectivity index (χ1v) is 2.23. The van der Waals surface area contributed by atoms with Crippen molar-refractivity contribution < 1.29 is 9.47 Å². The molecule has 34 valence electrons. The van der Waals surface area contributed by atoms with Crippen LogP contribution in [0.4, 0.5) is 0 Å². The summed E-state index contributed by atoms with van der Waals surface area (Å²) in [6, 6.07) is 0. The van der Waals surface area contributed by atoms with Crippen LogP contribution in [0.1, 0.15) is 0 Å². The van der Waals surface area contributed by atoms with Crippen LogP contribution in [0.15, 0.2) is 0 Å². The van der Waals surface area contributed by atoms with E-state index in [2.05, 4.69) is 0 Å². The quantitative estimate of drug-likeness (QED) is 0.328. The number of alkyl halides is 1. The third-order valence-corrected chi connectivity index (χ3v) is 1.44. The third kappa shape index (κ3) is 0.215. The number of hydrogen-bond donors (Lipinski definition) is 0. The fourth-order valence-corrected chi connectivity index (χ4v) is 0.688. The molecule has 0 saturated carbocycles. The molecule has 0 aromatic carbocycles. The van der Waals surface area contributed by atoms with Crippen LogP contribution in [0.25, 0.3) is 0 Å². The van der Waals surface area contributed by atoms with Crippen LogP contribution in [0, 0.1) is 0 Å². The molecule has 0 amide bonds. The highest BCUT2D eigenvalue weighted by molar-refractivity contribution is 6.22. The van der Waals surface area contributed by atoms with Crippen LogP contribution < -0.4 is 0 Å². The Labute approximate surface area is 40.0 Å². The van der Waals surface area contributed by atoms with Crippen LogP contribution >= 0.6 is 11.6 Å². The molecule has 2 aliphatic heterocycles. The van der Waals surface area contributed by atoms with Gasteiger partial charge in [-0.3, -0.25) is 0 Å². The van der Waals surface area contributed by atoms with Crippen molar-refractivity contribution in [2.24, 2.45) is 0 Å². The lowest BCUT2D eigenvalue weighted by Gasteiger charge is -1.56. The third-order valence-electron chi connectivity index (χ3n) is 1.02. The van der Waals surface area contributed by atoms with Gasteiger partial charge in [0.05, 0.1) is 0 Å². The van der Waals surface area contributed by atoms with Gasteiger partial charge in [0, 0.05) is 0 Å². The van der Waals surface area contributed by atoms with E-state index in [1.54, 1.807) is 0 Å². The minimum absolute atomic E-state index is 0.141. The Morgan fingerprint density at radius 3 is 2.33 bits per heavy atom. The first-order valence-electron chi connectivity index (χ1n) is 1.79. The standard InChI is InChI=1S/C3H3ClO2/c4-2-3(6-2)1-5-3/h2H,1H2. The average molecular weight is 107 g/mol. The molecule has 2 rings (SSSR count). The molecule has 6 heavy (non-hydrogen) atoms. The fourth-order valence-electron chi connectivity index (χ4n) is 0.411. The molecule has 1 spiro atoms. The van der Waals surface area contributed by atoms with Crippen molar-refractivity contribution in [2.75, 3.05) is 6.61 Å². The summed E-state index contributed by atoms with van der Waals surface area (Å²) < 4.78 is 9.52. The van der Waals surface area contributed by atoms with Crippen molar-refractivity contribution >= 4 is 11.6 Å². The lowest BCUT2D eigenvalue weighted by molar-refractivity contribution is 0.255. The Kier molecular flexibility index (Phi) is 0.335. The molecule has 2 heterocycles. The Hall–Kier alpha value is 0.210. The zero-order valence-corrected chi connectivity index (χ0v) is 3.73. The normalized spacial score (nSPS) is 62.5. The second-order valence-electron chi connectivity index (χ2n) is 1.53. The van der Waals surface area contributed by atoms with E-state index >= 15 is 0 Å². The van der Waals surface area contributed by atoms with E-state index in [0.717, 1.165) is 0 Å². The Balaban J connectivity index is 2.17. The molecular formula is C3H3ClO2. The monoisotopic (exact) mass is 106 g/mol. The van der Waals surface area contributed by atoms with Crippen LogP contribution in [-0.2, 0) is 9.47 Å². The van der Waals surface area contributed by atoms with Crippen molar-refractivity contribution in [3.8, 4) is 0 Å². The van der Waals surface area contributed by atoms with Gasteiger partial charge in [0.2, 0.25) is 5.79 Å². The molecule has 2 aliphatic rings. The van der Waals surface area contributed by atoms with Crippen LogP contribution in [-0.4, -0.2) is 18.0 Å². The summed E-state index contributed by atoms with van der Waals surface area (Å²) in [6.07, 6.45) is 0. The maximum absolute atomic E-state index is 5.39. The van der Waals surface area contributed by atoms with Gasteiger partial charge in [-0.25, -0.2) is 0 Å². The number of epoxide rings is 2. The van der Waals surface area contributed by atoms with Gasteiger partial charge in [0.1, 0.15) is 6.61 Å². The van der Waals surface area contributed by atoms with E-state index in [1.165, 1.54) is 0 Å². The van der Waals surface area contributed by atoms with Gasteiger partial charge >= 0.3 is 0 Å². The molecule has 2 nitrogen and oxygen atoms in total. The van der Waals surface area contributed by atoms with Gasteiger partial charge in [-0.15, -0.1) is 0 Å². The van der Waals surface area contributed by atoms with E-state index in [4.69, 9.17) is 21.1 Å². The number of rotatable bonds is 0. The molecule has 0 aromatic heterocycles. The molecule has 2 atom stereocenters. The lowest BCUT2D eigenvalue weighted by Crippen LogP contribution is -1.81. The highest BCUT2D eigenvalue weighted by Gasteiger charge is 2.68. The highest BCUT2D eigenvalue weighted by atomic mass is 35.5. The predicted molar refractivity (Wildman–Crippen MR) is 19.4 cm³/mol. The zero-order chi connectivity index (χ0) is 4.20. The predicted octanol–water partition coefficient (Wildman–Crippen LogP) is 0.308. The Morgan fingerprint density at radius 2 is 2.33 bits per heavy atom. The van der Waals surface area contributed by atoms with Crippen molar-refractivity contribution in [2.45, 2.75) is 11.4 Å². The molecule has 0 bridgehead atoms. The highest BCUT2D eigenvalue weighted by Crippen LogP contribution is 2.50. The molecular weight excluding hydrogens is 103 g/mol. The van der Waals surface area contributed by atoms with Crippen molar-refractivity contribution in [3.63, 3.8) is 0 Å². The SMILES string of the molecule is ClC1OC12CO2. The number of ether oxygens (including phenoxy) is 2. The lowest BCUT2D eigenvalue weighted by atomic mass is 10.6. The molecule has 0 radical (unpaired) electrons. The summed E-state index contributed by atoms with van der Waals surface area (Å²) in [5.74, 6) is -0.276. The van der Waals surface area contributed by atoms with E-state index in [1.807, 2.05) is 0 Å². The summed E-state index contributed by atoms with van der Waals surface area (Å²) >= 11 is 5.39. The van der Waals surface area contributed by atoms with Crippen LogP contribution in [0.3, 0.4) is 0 Å². The van der Waals surface area contributed by atoms with E-state index in [-0.39, 0.29) is 11.4 Å². The van der Waals surface area contributed by atoms with Crippen molar-refractivity contribution in [3.05, 3.63) is 0 Å². The molecule has 2 unspecified atom stereocenters. The summed E-state index contributed by atoms with van der Waals surface area (Å²) in [6.45, 7) is 0.696. The molecule has 2 fully saturated rings. The Morgan fingerprint density at radius 1 is 1.83 bits per heavy atom. The Bertz CT molecular complexity index is 88.8. The summed E-state index contributed by atoms with van der Waals surface area (Å²) in [5.41, 5.74) is -0.141. The van der Waals surface area contributed by atoms with Crippen molar-refractivity contribution in [1.82, 2.24) is 0 Å². The molecule has 3 heteroatoms. The van der Waals surface area contributed by atoms with Gasteiger partial charge in [0.25, 0.3) is 0 Å². The van der Waals surface area contributed by atoms with E-state index in [0.29, 0.717) is 6.61 Å². The van der Waals surface area contributed by atoms with Gasteiger partial charge in [-0.1, -0.05) is 11.6 Å². The van der Waals surface area contributed by atoms with E-state index < -0.39 is 0 Å². The molecule has 0 aliphatic carbocycles. The molecule has 0 aromatic rings. The number of halogens is 1. The van der Waals surface area contributed by atoms with Gasteiger partial charge in [-0.05, 0) is 0 Å². The van der Waals surface area contributed by atoms with Gasteiger partial charge in [0.15, 0.2) is 5.56 Å². The average Bonchev–Trinajstić information content (AvgIpc) is 2.25. The summed E-state index contributed by atoms with van der Waals surface area (Å²) in [4.78, 5) is 0. The van der Waals surface area contributed by atoms with Crippen molar-refractivity contribution in [1.29, 1.82) is 0 Å². The summed E-state index contributed by atoms with van der Waals surface area (Å²) in [7, 11) is 0. The summed E-state index contributed by atoms with van der Waals surface area (Å²) in [5, 5.41) is 0. The topological polar surface area (TPSA) is 25.1 Å². The van der Waals surface area contributed by atoms with Gasteiger partial charge in [-0.2, -0.15) is 0 Å². The largest absolute Gasteiger partial charge is 0.339 e. The van der Waals surface area contributed by atoms with E-state index in [9.17, 15) is 0 Å². The minimum Gasteiger partial charge on any atom is -0.339 e. The second kappa shape index (κ2) is 0.619. The zero-order valence-electron chi connectivity index (χ0n) is 2.98. The second-order valence-corrected chi connectivity index (χ2v) is 1.93. The first kappa shape index (κ1) is 3.24. The van der Waals surface area contributed by atoms with Crippen LogP contribution in [0.2, 0.25) is 0 Å². The maximum atomic E-state index is 5.39. The molecule has 2 saturated heterocycles. The maximum Gasteiger partial charge on any atom is 0.235 e. The van der Waals surface area contributed by atoms with Gasteiger partial charge < -0.3 is 9.47 Å². The first-order chi connectivity index (χ1) is 2.83. The number of hydrogen-bond acceptors (Lipinski definition) is 2. The smallest absolute Gasteiger partial charge is 0.235 e.